The quantitative estimate of drug-likeness (QED) is 0.913. The van der Waals surface area contributed by atoms with Crippen molar-refractivity contribution in [3.63, 3.8) is 0 Å². The van der Waals surface area contributed by atoms with Gasteiger partial charge in [0.15, 0.2) is 5.69 Å². The largest absolute Gasteiger partial charge is 0.346 e. The summed E-state index contributed by atoms with van der Waals surface area (Å²) < 4.78 is 13.5. The average Bonchev–Trinajstić information content (AvgIpc) is 3.00. The first-order chi connectivity index (χ1) is 11.0. The number of nitrogens with zero attached hydrogens (tertiary/aromatic N) is 2. The third-order valence-corrected chi connectivity index (χ3v) is 5.98. The number of benzene rings is 1. The van der Waals surface area contributed by atoms with Gasteiger partial charge in [-0.3, -0.25) is 14.8 Å². The average molecular weight is 316 g/mol. The molecule has 0 aliphatic carbocycles. The standard InChI is InChI=1S/C17H21FN4O/c1-3-17-6-7-22(17)9-14(10(17)2)19-16(23)15-12-8-11(18)4-5-13(12)20-21-15/h4-5,8,10,14H,3,6-7,9H2,1-2H3,(H,19,23)(H,20,21)/t10?,14-,17?/m1/s1. The summed E-state index contributed by atoms with van der Waals surface area (Å²) in [5.41, 5.74) is 1.19. The van der Waals surface area contributed by atoms with Crippen molar-refractivity contribution in [2.24, 2.45) is 5.92 Å². The molecule has 0 spiro atoms. The van der Waals surface area contributed by atoms with E-state index in [1.807, 2.05) is 0 Å². The number of nitrogens with one attached hydrogen (secondary N) is 2. The maximum atomic E-state index is 13.5. The first-order valence-electron chi connectivity index (χ1n) is 8.24. The number of fused-ring (bicyclic) bond motifs is 2. The Morgan fingerprint density at radius 2 is 2.39 bits per heavy atom. The molecule has 2 unspecified atom stereocenters. The molecule has 2 N–H and O–H groups in total. The maximum absolute atomic E-state index is 13.5. The van der Waals surface area contributed by atoms with E-state index >= 15 is 0 Å². The van der Waals surface area contributed by atoms with E-state index < -0.39 is 0 Å². The molecule has 1 amide bonds. The lowest BCUT2D eigenvalue weighted by molar-refractivity contribution is -0.00182. The van der Waals surface area contributed by atoms with Gasteiger partial charge < -0.3 is 5.32 Å². The van der Waals surface area contributed by atoms with Crippen LogP contribution in [-0.2, 0) is 0 Å². The Labute approximate surface area is 134 Å². The number of amides is 1. The molecule has 23 heavy (non-hydrogen) atoms. The number of rotatable bonds is 3. The molecule has 1 aromatic carbocycles. The minimum Gasteiger partial charge on any atom is -0.346 e. The topological polar surface area (TPSA) is 61.0 Å². The van der Waals surface area contributed by atoms with Crippen molar-refractivity contribution in [3.8, 4) is 0 Å². The monoisotopic (exact) mass is 316 g/mol. The van der Waals surface area contributed by atoms with E-state index in [0.717, 1.165) is 19.5 Å². The van der Waals surface area contributed by atoms with Gasteiger partial charge >= 0.3 is 0 Å². The maximum Gasteiger partial charge on any atom is 0.272 e. The SMILES string of the molecule is CCC12CCN1C[C@@H](NC(=O)c1n[nH]c3ccc(F)cc13)C2C. The lowest BCUT2D eigenvalue weighted by Crippen LogP contribution is -2.57. The fourth-order valence-corrected chi connectivity index (χ4v) is 4.40. The zero-order chi connectivity index (χ0) is 16.2. The van der Waals surface area contributed by atoms with Gasteiger partial charge in [0.1, 0.15) is 5.82 Å². The smallest absolute Gasteiger partial charge is 0.272 e. The van der Waals surface area contributed by atoms with Crippen LogP contribution in [0, 0.1) is 11.7 Å². The zero-order valence-electron chi connectivity index (χ0n) is 13.4. The van der Waals surface area contributed by atoms with Crippen molar-refractivity contribution < 1.29 is 9.18 Å². The highest BCUT2D eigenvalue weighted by Crippen LogP contribution is 2.46. The molecule has 6 heteroatoms. The van der Waals surface area contributed by atoms with Crippen LogP contribution in [0.1, 0.15) is 37.2 Å². The van der Waals surface area contributed by atoms with Gasteiger partial charge in [-0.15, -0.1) is 0 Å². The number of hydrogen-bond acceptors (Lipinski definition) is 3. The molecule has 122 valence electrons. The summed E-state index contributed by atoms with van der Waals surface area (Å²) in [7, 11) is 0. The Bertz CT molecular complexity index is 769. The predicted molar refractivity (Wildman–Crippen MR) is 85.7 cm³/mol. The number of halogens is 1. The Hall–Kier alpha value is -1.95. The summed E-state index contributed by atoms with van der Waals surface area (Å²) in [6.07, 6.45) is 2.31. The minimum atomic E-state index is -0.365. The second-order valence-electron chi connectivity index (χ2n) is 6.78. The first-order valence-corrected chi connectivity index (χ1v) is 8.24. The van der Waals surface area contributed by atoms with Crippen LogP contribution in [0.2, 0.25) is 0 Å². The van der Waals surface area contributed by atoms with Gasteiger partial charge in [-0.25, -0.2) is 4.39 Å². The summed E-state index contributed by atoms with van der Waals surface area (Å²) in [5.74, 6) is -0.184. The summed E-state index contributed by atoms with van der Waals surface area (Å²) in [6, 6.07) is 4.43. The van der Waals surface area contributed by atoms with Crippen molar-refractivity contribution in [2.45, 2.75) is 38.3 Å². The van der Waals surface area contributed by atoms with Crippen molar-refractivity contribution in [3.05, 3.63) is 29.7 Å². The highest BCUT2D eigenvalue weighted by Gasteiger charge is 2.55. The summed E-state index contributed by atoms with van der Waals surface area (Å²) >= 11 is 0. The van der Waals surface area contributed by atoms with Crippen LogP contribution in [0.3, 0.4) is 0 Å². The van der Waals surface area contributed by atoms with Crippen molar-refractivity contribution in [1.29, 1.82) is 0 Å². The van der Waals surface area contributed by atoms with Crippen molar-refractivity contribution in [2.75, 3.05) is 13.1 Å². The second kappa shape index (κ2) is 5.03. The number of hydrogen-bond donors (Lipinski definition) is 2. The molecule has 2 aliphatic heterocycles. The molecule has 0 radical (unpaired) electrons. The van der Waals surface area contributed by atoms with Crippen LogP contribution in [-0.4, -0.2) is 45.7 Å². The Balaban J connectivity index is 1.57. The molecule has 0 bridgehead atoms. The molecule has 3 atom stereocenters. The van der Waals surface area contributed by atoms with Crippen LogP contribution in [0.5, 0.6) is 0 Å². The highest BCUT2D eigenvalue weighted by atomic mass is 19.1. The van der Waals surface area contributed by atoms with Gasteiger partial charge in [-0.2, -0.15) is 5.10 Å². The van der Waals surface area contributed by atoms with E-state index in [0.29, 0.717) is 16.8 Å². The minimum absolute atomic E-state index is 0.116. The fourth-order valence-electron chi connectivity index (χ4n) is 4.40. The Kier molecular flexibility index (Phi) is 3.20. The van der Waals surface area contributed by atoms with Gasteiger partial charge in [-0.1, -0.05) is 13.8 Å². The second-order valence-corrected chi connectivity index (χ2v) is 6.78. The van der Waals surface area contributed by atoms with E-state index in [1.54, 1.807) is 6.07 Å². The van der Waals surface area contributed by atoms with Crippen molar-refractivity contribution >= 4 is 16.8 Å². The van der Waals surface area contributed by atoms with Crippen LogP contribution in [0.15, 0.2) is 18.2 Å². The van der Waals surface area contributed by atoms with E-state index in [-0.39, 0.29) is 29.0 Å². The van der Waals surface area contributed by atoms with Gasteiger partial charge in [0.05, 0.1) is 5.52 Å². The molecular weight excluding hydrogens is 295 g/mol. The molecule has 2 fully saturated rings. The molecule has 3 heterocycles. The lowest BCUT2D eigenvalue weighted by atomic mass is 9.75. The number of aromatic nitrogens is 2. The number of H-pyrrole nitrogens is 1. The molecule has 2 saturated heterocycles. The molecule has 5 nitrogen and oxygen atoms in total. The van der Waals surface area contributed by atoms with E-state index in [1.165, 1.54) is 18.6 Å². The van der Waals surface area contributed by atoms with E-state index in [9.17, 15) is 9.18 Å². The number of carbonyl (C=O) groups is 1. The van der Waals surface area contributed by atoms with Crippen LogP contribution in [0.25, 0.3) is 10.9 Å². The van der Waals surface area contributed by atoms with Gasteiger partial charge in [0.2, 0.25) is 0 Å². The molecule has 1 aromatic heterocycles. The van der Waals surface area contributed by atoms with Gasteiger partial charge in [0.25, 0.3) is 5.91 Å². The first kappa shape index (κ1) is 14.6. The lowest BCUT2D eigenvalue weighted by Gasteiger charge is -2.50. The Morgan fingerprint density at radius 3 is 3.04 bits per heavy atom. The van der Waals surface area contributed by atoms with E-state index in [4.69, 9.17) is 0 Å². The van der Waals surface area contributed by atoms with Crippen LogP contribution in [0.4, 0.5) is 4.39 Å². The molecule has 0 saturated carbocycles. The summed E-state index contributed by atoms with van der Waals surface area (Å²) in [4.78, 5) is 15.1. The Morgan fingerprint density at radius 1 is 1.57 bits per heavy atom. The van der Waals surface area contributed by atoms with Crippen LogP contribution >= 0.6 is 0 Å². The highest BCUT2D eigenvalue weighted by molar-refractivity contribution is 6.04. The third kappa shape index (κ3) is 2.01. The molecule has 2 aliphatic rings. The van der Waals surface area contributed by atoms with Crippen molar-refractivity contribution in [1.82, 2.24) is 20.4 Å². The number of carbonyl (C=O) groups excluding carboxylic acids is 1. The summed E-state index contributed by atoms with van der Waals surface area (Å²) in [6.45, 7) is 6.44. The van der Waals surface area contributed by atoms with E-state index in [2.05, 4.69) is 34.3 Å². The van der Waals surface area contributed by atoms with Crippen LogP contribution < -0.4 is 5.32 Å². The van der Waals surface area contributed by atoms with Gasteiger partial charge in [-0.05, 0) is 37.0 Å². The summed E-state index contributed by atoms with van der Waals surface area (Å²) in [5, 5.41) is 10.5. The zero-order valence-corrected chi connectivity index (χ0v) is 13.4. The predicted octanol–water partition coefficient (Wildman–Crippen LogP) is 2.30. The molecule has 2 aromatic rings. The third-order valence-electron chi connectivity index (χ3n) is 5.98. The van der Waals surface area contributed by atoms with Gasteiger partial charge in [0, 0.05) is 30.1 Å². The fraction of sp³-hybridized carbons (Fsp3) is 0.529. The molecule has 4 rings (SSSR count). The molecular formula is C17H21FN4O. The number of aromatic amines is 1. The normalized spacial score (nSPS) is 30.2.